The van der Waals surface area contributed by atoms with Crippen molar-refractivity contribution >= 4 is 0 Å². The quantitative estimate of drug-likeness (QED) is 0.299. The normalized spacial score (nSPS) is 17.8. The molecule has 0 radical (unpaired) electrons. The number of rotatable bonds is 7. The van der Waals surface area contributed by atoms with Crippen molar-refractivity contribution < 1.29 is 35.8 Å². The predicted molar refractivity (Wildman–Crippen MR) is 123 cm³/mol. The van der Waals surface area contributed by atoms with Crippen LogP contribution in [0.1, 0.15) is 66.7 Å². The predicted octanol–water partition coefficient (Wildman–Crippen LogP) is 8.25. The lowest BCUT2D eigenvalue weighted by atomic mass is 9.75. The lowest BCUT2D eigenvalue weighted by Crippen LogP contribution is -2.16. The Bertz CT molecular complexity index is 1250. The van der Waals surface area contributed by atoms with Gasteiger partial charge in [-0.2, -0.15) is 8.78 Å². The molecule has 36 heavy (non-hydrogen) atoms. The van der Waals surface area contributed by atoms with Gasteiger partial charge in [0.05, 0.1) is 6.61 Å². The first-order chi connectivity index (χ1) is 17.2. The lowest BCUT2D eigenvalue weighted by Gasteiger charge is -2.30. The highest BCUT2D eigenvalue weighted by atomic mass is 19.2. The summed E-state index contributed by atoms with van der Waals surface area (Å²) in [6.07, 6.45) is 2.00. The minimum Gasteiger partial charge on any atom is -0.491 e. The highest BCUT2D eigenvalue weighted by Gasteiger charge is 2.29. The van der Waals surface area contributed by atoms with E-state index in [4.69, 9.17) is 9.47 Å². The van der Waals surface area contributed by atoms with Crippen LogP contribution in [0.15, 0.2) is 36.4 Å². The van der Waals surface area contributed by atoms with Crippen LogP contribution in [0.25, 0.3) is 0 Å². The van der Waals surface area contributed by atoms with Crippen LogP contribution in [0.4, 0.5) is 26.3 Å². The monoisotopic (exact) mass is 508 g/mol. The Morgan fingerprint density at radius 2 is 1.11 bits per heavy atom. The maximum atomic E-state index is 14.9. The molecule has 0 N–H and O–H groups in total. The van der Waals surface area contributed by atoms with E-state index in [2.05, 4.69) is 0 Å². The van der Waals surface area contributed by atoms with Gasteiger partial charge < -0.3 is 9.47 Å². The van der Waals surface area contributed by atoms with Crippen LogP contribution in [0.5, 0.6) is 11.5 Å². The molecule has 1 fully saturated rings. The van der Waals surface area contributed by atoms with Crippen molar-refractivity contribution in [1.29, 1.82) is 0 Å². The van der Waals surface area contributed by atoms with Crippen LogP contribution in [0.3, 0.4) is 0 Å². The molecular formula is C28H26F6O2. The number of hydrogen-bond acceptors (Lipinski definition) is 2. The van der Waals surface area contributed by atoms with Crippen molar-refractivity contribution in [3.05, 3.63) is 93.6 Å². The van der Waals surface area contributed by atoms with Gasteiger partial charge in [-0.05, 0) is 80.2 Å². The third-order valence-corrected chi connectivity index (χ3v) is 6.80. The summed E-state index contributed by atoms with van der Waals surface area (Å²) in [6, 6.07) is 8.31. The van der Waals surface area contributed by atoms with Gasteiger partial charge in [0, 0.05) is 5.56 Å². The molecule has 3 aromatic carbocycles. The molecule has 0 aromatic heterocycles. The number of ether oxygens (including phenoxy) is 2. The third kappa shape index (κ3) is 5.04. The summed E-state index contributed by atoms with van der Waals surface area (Å²) in [5.74, 6) is -7.52. The van der Waals surface area contributed by atoms with Crippen LogP contribution in [0, 0.1) is 41.8 Å². The number of aryl methyl sites for hydroxylation is 1. The van der Waals surface area contributed by atoms with Crippen LogP contribution >= 0.6 is 0 Å². The van der Waals surface area contributed by atoms with E-state index >= 15 is 0 Å². The minimum absolute atomic E-state index is 0.143. The molecule has 4 rings (SSSR count). The molecule has 0 amide bonds. The van der Waals surface area contributed by atoms with E-state index in [1.807, 2.05) is 0 Å². The average molecular weight is 509 g/mol. The Hall–Kier alpha value is -3.16. The highest BCUT2D eigenvalue weighted by molar-refractivity contribution is 5.36. The molecule has 192 valence electrons. The summed E-state index contributed by atoms with van der Waals surface area (Å²) in [6.45, 7) is 2.77. The van der Waals surface area contributed by atoms with E-state index in [0.717, 1.165) is 6.07 Å². The first-order valence-corrected chi connectivity index (χ1v) is 11.9. The topological polar surface area (TPSA) is 18.5 Å². The van der Waals surface area contributed by atoms with Gasteiger partial charge in [-0.25, -0.2) is 17.6 Å². The van der Waals surface area contributed by atoms with E-state index in [1.54, 1.807) is 19.1 Å². The molecule has 0 unspecified atom stereocenters. The Morgan fingerprint density at radius 1 is 0.611 bits per heavy atom. The van der Waals surface area contributed by atoms with Crippen LogP contribution in [-0.2, 0) is 6.61 Å². The van der Waals surface area contributed by atoms with Crippen LogP contribution < -0.4 is 9.47 Å². The third-order valence-electron chi connectivity index (χ3n) is 6.80. The van der Waals surface area contributed by atoms with Crippen molar-refractivity contribution in [2.24, 2.45) is 0 Å². The SMILES string of the molecule is CCOc1ccc(OCc2ccc(C3CCC(c4ccc(C)c(F)c4F)CC3)c(F)c2F)c(F)c1F. The fourth-order valence-corrected chi connectivity index (χ4v) is 4.77. The van der Waals surface area contributed by atoms with Gasteiger partial charge in [0.2, 0.25) is 11.6 Å². The van der Waals surface area contributed by atoms with Gasteiger partial charge in [-0.1, -0.05) is 24.3 Å². The first-order valence-electron chi connectivity index (χ1n) is 11.9. The molecule has 3 aromatic rings. The maximum Gasteiger partial charge on any atom is 0.204 e. The molecule has 1 aliphatic rings. The van der Waals surface area contributed by atoms with E-state index in [0.29, 0.717) is 31.2 Å². The Labute approximate surface area is 205 Å². The van der Waals surface area contributed by atoms with E-state index in [1.165, 1.54) is 25.1 Å². The van der Waals surface area contributed by atoms with Crippen LogP contribution in [-0.4, -0.2) is 6.61 Å². The Balaban J connectivity index is 1.43. The van der Waals surface area contributed by atoms with Crippen molar-refractivity contribution in [2.75, 3.05) is 6.61 Å². The summed E-state index contributed by atoms with van der Waals surface area (Å²) in [4.78, 5) is 0. The molecule has 8 heteroatoms. The second kappa shape index (κ2) is 10.8. The summed E-state index contributed by atoms with van der Waals surface area (Å²) in [5.41, 5.74) is 0.606. The Morgan fingerprint density at radius 3 is 1.67 bits per heavy atom. The first kappa shape index (κ1) is 25.9. The van der Waals surface area contributed by atoms with E-state index in [9.17, 15) is 26.3 Å². The fraction of sp³-hybridized carbons (Fsp3) is 0.357. The van der Waals surface area contributed by atoms with Crippen molar-refractivity contribution in [1.82, 2.24) is 0 Å². The second-order valence-corrected chi connectivity index (χ2v) is 9.00. The summed E-state index contributed by atoms with van der Waals surface area (Å²) in [7, 11) is 0. The molecule has 1 aliphatic carbocycles. The minimum atomic E-state index is -1.28. The molecule has 2 nitrogen and oxygen atoms in total. The molecular weight excluding hydrogens is 482 g/mol. The van der Waals surface area contributed by atoms with Gasteiger partial charge >= 0.3 is 0 Å². The van der Waals surface area contributed by atoms with E-state index in [-0.39, 0.29) is 40.9 Å². The molecule has 1 saturated carbocycles. The van der Waals surface area contributed by atoms with Gasteiger partial charge in [-0.3, -0.25) is 0 Å². The summed E-state index contributed by atoms with van der Waals surface area (Å²) < 4.78 is 96.5. The van der Waals surface area contributed by atoms with E-state index < -0.39 is 47.3 Å². The molecule has 0 spiro atoms. The van der Waals surface area contributed by atoms with Crippen molar-refractivity contribution in [3.8, 4) is 11.5 Å². The zero-order valence-corrected chi connectivity index (χ0v) is 19.9. The standard InChI is InChI=1S/C28H26F6O2/c1-3-35-21-12-13-22(28(34)27(21)33)36-14-18-9-11-20(26(32)24(18)30)17-7-5-16(6-8-17)19-10-4-15(2)23(29)25(19)31/h4,9-13,16-17H,3,5-8,14H2,1-2H3. The van der Waals surface area contributed by atoms with Crippen molar-refractivity contribution in [2.45, 2.75) is 58.0 Å². The molecule has 0 heterocycles. The van der Waals surface area contributed by atoms with Gasteiger partial charge in [0.1, 0.15) is 6.61 Å². The molecule has 0 atom stereocenters. The zero-order chi connectivity index (χ0) is 26.0. The van der Waals surface area contributed by atoms with Gasteiger partial charge in [0.15, 0.2) is 34.8 Å². The van der Waals surface area contributed by atoms with Gasteiger partial charge in [-0.15, -0.1) is 0 Å². The largest absolute Gasteiger partial charge is 0.491 e. The number of hydrogen-bond donors (Lipinski definition) is 0. The number of halogens is 6. The fourth-order valence-electron chi connectivity index (χ4n) is 4.77. The summed E-state index contributed by atoms with van der Waals surface area (Å²) in [5, 5.41) is 0. The number of benzene rings is 3. The highest BCUT2D eigenvalue weighted by Crippen LogP contribution is 2.42. The van der Waals surface area contributed by atoms with Crippen LogP contribution in [0.2, 0.25) is 0 Å². The van der Waals surface area contributed by atoms with Crippen molar-refractivity contribution in [3.63, 3.8) is 0 Å². The molecule has 0 saturated heterocycles. The van der Waals surface area contributed by atoms with Gasteiger partial charge in [0.25, 0.3) is 0 Å². The summed E-state index contributed by atoms with van der Waals surface area (Å²) >= 11 is 0. The maximum absolute atomic E-state index is 14.9. The molecule has 0 bridgehead atoms. The second-order valence-electron chi connectivity index (χ2n) is 9.00. The zero-order valence-electron chi connectivity index (χ0n) is 19.9. The average Bonchev–Trinajstić information content (AvgIpc) is 2.88. The lowest BCUT2D eigenvalue weighted by molar-refractivity contribution is 0.268. The smallest absolute Gasteiger partial charge is 0.204 e. The Kier molecular flexibility index (Phi) is 7.81. The molecule has 0 aliphatic heterocycles.